The summed E-state index contributed by atoms with van der Waals surface area (Å²) in [5.74, 6) is 5.65. The summed E-state index contributed by atoms with van der Waals surface area (Å²) in [6, 6.07) is 0. The molecule has 0 aromatic carbocycles. The number of hydrogen-bond acceptors (Lipinski definition) is 3. The quantitative estimate of drug-likeness (QED) is 0.474. The molecule has 0 rings (SSSR count). The molecule has 3 heteroatoms. The number of methoxy groups -OCH3 is 1. The highest BCUT2D eigenvalue weighted by Gasteiger charge is 2.08. The molecule has 0 radical (unpaired) electrons. The van der Waals surface area contributed by atoms with Crippen molar-refractivity contribution in [1.29, 1.82) is 0 Å². The maximum Gasteiger partial charge on any atom is 0.319 e. The van der Waals surface area contributed by atoms with Gasteiger partial charge in [-0.25, -0.2) is 0 Å². The van der Waals surface area contributed by atoms with Crippen LogP contribution >= 0.6 is 0 Å². The lowest BCUT2D eigenvalue weighted by atomic mass is 10.3. The average molecular weight is 197 g/mol. The molecule has 0 spiro atoms. The fourth-order valence-corrected chi connectivity index (χ4v) is 1.17. The van der Waals surface area contributed by atoms with E-state index in [1.807, 2.05) is 6.92 Å². The first kappa shape index (κ1) is 13.0. The van der Waals surface area contributed by atoms with Gasteiger partial charge < -0.3 is 4.74 Å². The Balaban J connectivity index is 3.86. The molecule has 0 aliphatic heterocycles. The van der Waals surface area contributed by atoms with Gasteiger partial charge in [0, 0.05) is 13.0 Å². The average Bonchev–Trinajstić information content (AvgIpc) is 2.18. The summed E-state index contributed by atoms with van der Waals surface area (Å²) in [6.07, 6.45) is 1.85. The molecule has 0 aliphatic rings. The molecule has 0 N–H and O–H groups in total. The first-order chi connectivity index (χ1) is 6.74. The van der Waals surface area contributed by atoms with E-state index in [2.05, 4.69) is 28.4 Å². The van der Waals surface area contributed by atoms with Crippen molar-refractivity contribution in [2.75, 3.05) is 26.7 Å². The van der Waals surface area contributed by atoms with E-state index < -0.39 is 0 Å². The minimum absolute atomic E-state index is 0.178. The Hall–Kier alpha value is -1.01. The molecule has 3 nitrogen and oxygen atoms in total. The van der Waals surface area contributed by atoms with Gasteiger partial charge in [0.05, 0.1) is 13.7 Å². The highest BCUT2D eigenvalue weighted by Crippen LogP contribution is 1.94. The van der Waals surface area contributed by atoms with Gasteiger partial charge in [-0.3, -0.25) is 9.69 Å². The summed E-state index contributed by atoms with van der Waals surface area (Å²) in [5.41, 5.74) is 0. The predicted octanol–water partition coefficient (Wildman–Crippen LogP) is 1.28. The van der Waals surface area contributed by atoms with Gasteiger partial charge in [0.2, 0.25) is 0 Å². The predicted molar refractivity (Wildman–Crippen MR) is 56.8 cm³/mol. The lowest BCUT2D eigenvalue weighted by Gasteiger charge is -2.18. The van der Waals surface area contributed by atoms with Crippen molar-refractivity contribution < 1.29 is 9.53 Å². The van der Waals surface area contributed by atoms with E-state index in [0.29, 0.717) is 6.54 Å². The Kier molecular flexibility index (Phi) is 7.96. The van der Waals surface area contributed by atoms with E-state index in [1.54, 1.807) is 0 Å². The molecule has 0 saturated heterocycles. The minimum Gasteiger partial charge on any atom is -0.468 e. The Morgan fingerprint density at radius 1 is 1.43 bits per heavy atom. The van der Waals surface area contributed by atoms with Gasteiger partial charge in [-0.2, -0.15) is 0 Å². The van der Waals surface area contributed by atoms with Crippen LogP contribution in [-0.4, -0.2) is 37.6 Å². The first-order valence-corrected chi connectivity index (χ1v) is 4.93. The van der Waals surface area contributed by atoms with Crippen molar-refractivity contribution in [3.8, 4) is 11.8 Å². The van der Waals surface area contributed by atoms with Crippen LogP contribution in [0.1, 0.15) is 26.7 Å². The van der Waals surface area contributed by atoms with Gasteiger partial charge in [-0.1, -0.05) is 6.92 Å². The molecular formula is C11H19NO2. The van der Waals surface area contributed by atoms with Gasteiger partial charge in [-0.15, -0.1) is 11.8 Å². The van der Waals surface area contributed by atoms with E-state index in [4.69, 9.17) is 0 Å². The summed E-state index contributed by atoms with van der Waals surface area (Å²) in [5, 5.41) is 0. The van der Waals surface area contributed by atoms with Gasteiger partial charge in [0.15, 0.2) is 0 Å². The Labute approximate surface area is 86.4 Å². The largest absolute Gasteiger partial charge is 0.468 e. The molecule has 0 aromatic heterocycles. The second kappa shape index (κ2) is 8.58. The van der Waals surface area contributed by atoms with Crippen LogP contribution < -0.4 is 0 Å². The fourth-order valence-electron chi connectivity index (χ4n) is 1.17. The number of carbonyl (C=O) groups excluding carboxylic acids is 1. The van der Waals surface area contributed by atoms with Gasteiger partial charge >= 0.3 is 5.97 Å². The standard InChI is InChI=1S/C11H19NO2/c1-4-6-7-9-12(8-5-2)10-11(13)14-3/h5,7-10H2,1-3H3. The summed E-state index contributed by atoms with van der Waals surface area (Å²) >= 11 is 0. The highest BCUT2D eigenvalue weighted by atomic mass is 16.5. The number of nitrogens with zero attached hydrogens (tertiary/aromatic N) is 1. The third-order valence-electron chi connectivity index (χ3n) is 1.85. The van der Waals surface area contributed by atoms with Crippen LogP contribution in [0.3, 0.4) is 0 Å². The third-order valence-corrected chi connectivity index (χ3v) is 1.85. The molecule has 0 aromatic rings. The second-order valence-electron chi connectivity index (χ2n) is 3.03. The summed E-state index contributed by atoms with van der Waals surface area (Å²) in [7, 11) is 1.41. The van der Waals surface area contributed by atoms with E-state index in [0.717, 1.165) is 25.9 Å². The van der Waals surface area contributed by atoms with Crippen LogP contribution in [0.4, 0.5) is 0 Å². The molecule has 0 heterocycles. The maximum absolute atomic E-state index is 11.0. The number of esters is 1. The van der Waals surface area contributed by atoms with Crippen LogP contribution in [0, 0.1) is 11.8 Å². The van der Waals surface area contributed by atoms with Crippen LogP contribution in [0.25, 0.3) is 0 Å². The van der Waals surface area contributed by atoms with E-state index in [-0.39, 0.29) is 5.97 Å². The molecule has 14 heavy (non-hydrogen) atoms. The van der Waals surface area contributed by atoms with Gasteiger partial charge in [0.25, 0.3) is 0 Å². The normalized spacial score (nSPS) is 9.43. The Morgan fingerprint density at radius 2 is 2.14 bits per heavy atom. The number of ether oxygens (including phenoxy) is 1. The van der Waals surface area contributed by atoms with Crippen LogP contribution in [0.2, 0.25) is 0 Å². The Morgan fingerprint density at radius 3 is 2.64 bits per heavy atom. The first-order valence-electron chi connectivity index (χ1n) is 4.93. The summed E-state index contributed by atoms with van der Waals surface area (Å²) in [4.78, 5) is 13.1. The molecule has 0 fully saturated rings. The van der Waals surface area contributed by atoms with E-state index >= 15 is 0 Å². The van der Waals surface area contributed by atoms with Crippen molar-refractivity contribution >= 4 is 5.97 Å². The summed E-state index contributed by atoms with van der Waals surface area (Å²) < 4.78 is 4.62. The number of rotatable bonds is 6. The van der Waals surface area contributed by atoms with Crippen molar-refractivity contribution in [1.82, 2.24) is 4.90 Å². The lowest BCUT2D eigenvalue weighted by molar-refractivity contribution is -0.141. The Bertz CT molecular complexity index is 215. The molecule has 0 saturated carbocycles. The molecule has 0 atom stereocenters. The zero-order chi connectivity index (χ0) is 10.8. The van der Waals surface area contributed by atoms with Crippen molar-refractivity contribution in [2.24, 2.45) is 0 Å². The monoisotopic (exact) mass is 197 g/mol. The zero-order valence-corrected chi connectivity index (χ0v) is 9.30. The summed E-state index contributed by atoms with van der Waals surface area (Å²) in [6.45, 7) is 6.04. The van der Waals surface area contributed by atoms with Gasteiger partial charge in [-0.05, 0) is 19.9 Å². The van der Waals surface area contributed by atoms with Crippen molar-refractivity contribution in [2.45, 2.75) is 26.7 Å². The van der Waals surface area contributed by atoms with E-state index in [9.17, 15) is 4.79 Å². The van der Waals surface area contributed by atoms with Crippen molar-refractivity contribution in [3.05, 3.63) is 0 Å². The lowest BCUT2D eigenvalue weighted by Crippen LogP contribution is -2.32. The van der Waals surface area contributed by atoms with Crippen LogP contribution in [0.15, 0.2) is 0 Å². The minimum atomic E-state index is -0.178. The molecule has 80 valence electrons. The van der Waals surface area contributed by atoms with Gasteiger partial charge in [0.1, 0.15) is 0 Å². The SMILES string of the molecule is CC#CCCN(CCC)CC(=O)OC. The maximum atomic E-state index is 11.0. The molecule has 0 aliphatic carbocycles. The van der Waals surface area contributed by atoms with E-state index in [1.165, 1.54) is 7.11 Å². The fraction of sp³-hybridized carbons (Fsp3) is 0.727. The molecule has 0 unspecified atom stereocenters. The highest BCUT2D eigenvalue weighted by molar-refractivity contribution is 5.71. The topological polar surface area (TPSA) is 29.5 Å². The number of hydrogen-bond donors (Lipinski definition) is 0. The van der Waals surface area contributed by atoms with Crippen molar-refractivity contribution in [3.63, 3.8) is 0 Å². The van der Waals surface area contributed by atoms with Crippen LogP contribution in [-0.2, 0) is 9.53 Å². The zero-order valence-electron chi connectivity index (χ0n) is 9.30. The third kappa shape index (κ3) is 6.50. The molecule has 0 bridgehead atoms. The van der Waals surface area contributed by atoms with Crippen LogP contribution in [0.5, 0.6) is 0 Å². The number of carbonyl (C=O) groups is 1. The second-order valence-corrected chi connectivity index (χ2v) is 3.03. The molecule has 0 amide bonds. The molecular weight excluding hydrogens is 178 g/mol. The smallest absolute Gasteiger partial charge is 0.319 e.